The molecule has 2 saturated heterocycles. The van der Waals surface area contributed by atoms with Gasteiger partial charge in [0.15, 0.2) is 0 Å². The van der Waals surface area contributed by atoms with Crippen LogP contribution in [0.15, 0.2) is 16.6 Å². The molecule has 2 unspecified atom stereocenters. The number of fused-ring (bicyclic) bond motifs is 1. The molecule has 0 bridgehead atoms. The van der Waals surface area contributed by atoms with Crippen LogP contribution in [0.5, 0.6) is 0 Å². The minimum Gasteiger partial charge on any atom is -0.353 e. The second-order valence-electron chi connectivity index (χ2n) is 5.82. The summed E-state index contributed by atoms with van der Waals surface area (Å²) in [4.78, 5) is 13.5. The molecule has 3 rings (SSSR count). The Hall–Kier alpha value is -1.01. The minimum absolute atomic E-state index is 0.114. The molecule has 1 aromatic rings. The van der Waals surface area contributed by atoms with Crippen LogP contribution in [0.4, 0.5) is 8.78 Å². The summed E-state index contributed by atoms with van der Waals surface area (Å²) < 4.78 is 28.1. The molecule has 2 atom stereocenters. The molecule has 2 aliphatic heterocycles. The Labute approximate surface area is 130 Å². The minimum atomic E-state index is -0.519. The molecule has 1 N–H and O–H groups in total. The van der Waals surface area contributed by atoms with E-state index in [9.17, 15) is 13.6 Å². The maximum atomic E-state index is 14.0. The highest BCUT2D eigenvalue weighted by molar-refractivity contribution is 9.10. The van der Waals surface area contributed by atoms with Crippen LogP contribution in [0.2, 0.25) is 0 Å². The van der Waals surface area contributed by atoms with Gasteiger partial charge in [0.25, 0.3) is 0 Å². The summed E-state index contributed by atoms with van der Waals surface area (Å²) in [5.41, 5.74) is 0.114. The average molecular weight is 359 g/mol. The number of nitrogens with one attached hydrogen (secondary N) is 1. The van der Waals surface area contributed by atoms with Crippen LogP contribution in [0.1, 0.15) is 24.8 Å². The molecule has 2 fully saturated rings. The van der Waals surface area contributed by atoms with Gasteiger partial charge in [-0.25, -0.2) is 8.78 Å². The monoisotopic (exact) mass is 358 g/mol. The summed E-state index contributed by atoms with van der Waals surface area (Å²) in [7, 11) is 0. The predicted octanol–water partition coefficient (Wildman–Crippen LogP) is 2.83. The first-order valence-corrected chi connectivity index (χ1v) is 7.98. The highest BCUT2D eigenvalue weighted by Gasteiger charge is 2.34. The molecule has 0 aromatic heterocycles. The number of halogens is 3. The van der Waals surface area contributed by atoms with Crippen molar-refractivity contribution < 1.29 is 13.6 Å². The molecular formula is C15H17BrF2N2O. The molecule has 0 spiro atoms. The molecule has 1 aromatic carbocycles. The van der Waals surface area contributed by atoms with Crippen LogP contribution < -0.4 is 5.32 Å². The van der Waals surface area contributed by atoms with Crippen molar-refractivity contribution in [2.24, 2.45) is 5.92 Å². The second-order valence-corrected chi connectivity index (χ2v) is 6.67. The van der Waals surface area contributed by atoms with Crippen LogP contribution in [0.25, 0.3) is 0 Å². The van der Waals surface area contributed by atoms with Gasteiger partial charge in [0.1, 0.15) is 11.6 Å². The number of nitrogens with zero attached hydrogens (tertiary/aromatic N) is 1. The van der Waals surface area contributed by atoms with Crippen molar-refractivity contribution in [3.05, 3.63) is 33.8 Å². The lowest BCUT2D eigenvalue weighted by molar-refractivity contribution is -0.125. The SMILES string of the molecule is O=C1CCC2CN(Cc3c(F)ccc(Br)c3F)CCC2N1. The Morgan fingerprint density at radius 2 is 2.14 bits per heavy atom. The van der Waals surface area contributed by atoms with Crippen LogP contribution >= 0.6 is 15.9 Å². The molecule has 1 amide bonds. The van der Waals surface area contributed by atoms with Gasteiger partial charge in [0, 0.05) is 37.7 Å². The van der Waals surface area contributed by atoms with Gasteiger partial charge in [-0.05, 0) is 46.8 Å². The molecule has 114 valence electrons. The first-order chi connectivity index (χ1) is 10.0. The summed E-state index contributed by atoms with van der Waals surface area (Å²) in [6.07, 6.45) is 2.25. The quantitative estimate of drug-likeness (QED) is 0.824. The van der Waals surface area contributed by atoms with E-state index >= 15 is 0 Å². The summed E-state index contributed by atoms with van der Waals surface area (Å²) in [5.74, 6) is -0.521. The average Bonchev–Trinajstić information content (AvgIpc) is 2.48. The number of hydrogen-bond donors (Lipinski definition) is 1. The topological polar surface area (TPSA) is 32.3 Å². The molecule has 0 saturated carbocycles. The van der Waals surface area contributed by atoms with Crippen molar-refractivity contribution in [3.63, 3.8) is 0 Å². The van der Waals surface area contributed by atoms with Crippen LogP contribution in [0, 0.1) is 17.6 Å². The molecule has 0 radical (unpaired) electrons. The maximum absolute atomic E-state index is 14.0. The van der Waals surface area contributed by atoms with Gasteiger partial charge in [-0.2, -0.15) is 0 Å². The lowest BCUT2D eigenvalue weighted by Crippen LogP contribution is -2.53. The van der Waals surface area contributed by atoms with E-state index in [2.05, 4.69) is 26.1 Å². The van der Waals surface area contributed by atoms with E-state index in [0.717, 1.165) is 25.9 Å². The number of amides is 1. The molecular weight excluding hydrogens is 342 g/mol. The zero-order valence-corrected chi connectivity index (χ0v) is 13.1. The first-order valence-electron chi connectivity index (χ1n) is 7.18. The highest BCUT2D eigenvalue weighted by Crippen LogP contribution is 2.28. The number of hydrogen-bond acceptors (Lipinski definition) is 2. The van der Waals surface area contributed by atoms with Gasteiger partial charge < -0.3 is 5.32 Å². The Morgan fingerprint density at radius 3 is 2.95 bits per heavy atom. The third kappa shape index (κ3) is 3.11. The van der Waals surface area contributed by atoms with E-state index < -0.39 is 11.6 Å². The van der Waals surface area contributed by atoms with Crippen molar-refractivity contribution in [2.45, 2.75) is 31.8 Å². The van der Waals surface area contributed by atoms with Crippen LogP contribution in [-0.2, 0) is 11.3 Å². The Bertz CT molecular complexity index is 567. The zero-order chi connectivity index (χ0) is 15.0. The smallest absolute Gasteiger partial charge is 0.220 e. The van der Waals surface area contributed by atoms with Crippen molar-refractivity contribution >= 4 is 21.8 Å². The van der Waals surface area contributed by atoms with E-state index in [4.69, 9.17) is 0 Å². The molecule has 21 heavy (non-hydrogen) atoms. The third-order valence-corrected chi connectivity index (χ3v) is 5.04. The van der Waals surface area contributed by atoms with E-state index in [0.29, 0.717) is 16.8 Å². The Kier molecular flexibility index (Phi) is 4.26. The van der Waals surface area contributed by atoms with Crippen molar-refractivity contribution in [1.29, 1.82) is 0 Å². The van der Waals surface area contributed by atoms with Gasteiger partial charge >= 0.3 is 0 Å². The van der Waals surface area contributed by atoms with Gasteiger partial charge in [0.05, 0.1) is 4.47 Å². The molecule has 0 aliphatic carbocycles. The second kappa shape index (κ2) is 6.01. The fourth-order valence-electron chi connectivity index (χ4n) is 3.27. The lowest BCUT2D eigenvalue weighted by Gasteiger charge is -2.41. The molecule has 2 aliphatic rings. The summed E-state index contributed by atoms with van der Waals surface area (Å²) in [6, 6.07) is 2.90. The zero-order valence-electron chi connectivity index (χ0n) is 11.5. The van der Waals surface area contributed by atoms with Crippen LogP contribution in [0.3, 0.4) is 0 Å². The predicted molar refractivity (Wildman–Crippen MR) is 78.6 cm³/mol. The van der Waals surface area contributed by atoms with Gasteiger partial charge in [-0.3, -0.25) is 9.69 Å². The molecule has 2 heterocycles. The van der Waals surface area contributed by atoms with E-state index in [-0.39, 0.29) is 24.1 Å². The number of benzene rings is 1. The van der Waals surface area contributed by atoms with Gasteiger partial charge in [-0.1, -0.05) is 0 Å². The van der Waals surface area contributed by atoms with Crippen molar-refractivity contribution in [3.8, 4) is 0 Å². The Morgan fingerprint density at radius 1 is 1.33 bits per heavy atom. The van der Waals surface area contributed by atoms with E-state index in [1.165, 1.54) is 12.1 Å². The van der Waals surface area contributed by atoms with Crippen LogP contribution in [-0.4, -0.2) is 29.9 Å². The number of rotatable bonds is 2. The summed E-state index contributed by atoms with van der Waals surface area (Å²) >= 11 is 3.10. The first kappa shape index (κ1) is 14.9. The van der Waals surface area contributed by atoms with E-state index in [1.54, 1.807) is 0 Å². The summed E-state index contributed by atoms with van der Waals surface area (Å²) in [5, 5.41) is 3.01. The van der Waals surface area contributed by atoms with Crippen molar-refractivity contribution in [2.75, 3.05) is 13.1 Å². The standard InChI is InChI=1S/C15H17BrF2N2O/c16-11-2-3-12(17)10(15(11)18)8-20-6-5-13-9(7-20)1-4-14(21)19-13/h2-3,9,13H,1,4-8H2,(H,19,21). The lowest BCUT2D eigenvalue weighted by atomic mass is 9.85. The molecule has 3 nitrogen and oxygen atoms in total. The highest BCUT2D eigenvalue weighted by atomic mass is 79.9. The van der Waals surface area contributed by atoms with Gasteiger partial charge in [0.2, 0.25) is 5.91 Å². The largest absolute Gasteiger partial charge is 0.353 e. The third-order valence-electron chi connectivity index (χ3n) is 4.43. The normalized spacial score (nSPS) is 26.3. The number of likely N-dealkylation sites (tertiary alicyclic amines) is 1. The van der Waals surface area contributed by atoms with Gasteiger partial charge in [-0.15, -0.1) is 0 Å². The number of carbonyl (C=O) groups is 1. The fraction of sp³-hybridized carbons (Fsp3) is 0.533. The number of carbonyl (C=O) groups excluding carboxylic acids is 1. The fourth-order valence-corrected chi connectivity index (χ4v) is 3.64. The maximum Gasteiger partial charge on any atom is 0.220 e. The summed E-state index contributed by atoms with van der Waals surface area (Å²) in [6.45, 7) is 1.79. The Balaban J connectivity index is 1.70. The molecule has 6 heteroatoms. The van der Waals surface area contributed by atoms with Crippen molar-refractivity contribution in [1.82, 2.24) is 10.2 Å². The number of piperidine rings is 2. The van der Waals surface area contributed by atoms with E-state index in [1.807, 2.05) is 0 Å².